The number of aryl methyl sites for hydroxylation is 1. The van der Waals surface area contributed by atoms with Crippen LogP contribution in [0.2, 0.25) is 5.02 Å². The molecule has 4 nitrogen and oxygen atoms in total. The summed E-state index contributed by atoms with van der Waals surface area (Å²) in [5.41, 5.74) is 1.67. The predicted octanol–water partition coefficient (Wildman–Crippen LogP) is 1.95. The van der Waals surface area contributed by atoms with E-state index < -0.39 is 0 Å². The van der Waals surface area contributed by atoms with Crippen LogP contribution in [0.1, 0.15) is 18.9 Å². The second-order valence-electron chi connectivity index (χ2n) is 4.18. The van der Waals surface area contributed by atoms with Gasteiger partial charge in [0.25, 0.3) is 0 Å². The summed E-state index contributed by atoms with van der Waals surface area (Å²) in [6, 6.07) is 5.31. The molecule has 5 heteroatoms. The van der Waals surface area contributed by atoms with Crippen LogP contribution in [0.5, 0.6) is 0 Å². The summed E-state index contributed by atoms with van der Waals surface area (Å²) in [4.78, 5) is 11.7. The largest absolute Gasteiger partial charge is 0.395 e. The highest BCUT2D eigenvalue weighted by Gasteiger charge is 2.08. The quantitative estimate of drug-likeness (QED) is 0.740. The molecular formula is C13H19ClN2O2. The van der Waals surface area contributed by atoms with Gasteiger partial charge in [-0.25, -0.2) is 0 Å². The minimum Gasteiger partial charge on any atom is -0.395 e. The average Bonchev–Trinajstić information content (AvgIpc) is 2.35. The molecule has 0 fully saturated rings. The van der Waals surface area contributed by atoms with Crippen molar-refractivity contribution < 1.29 is 9.90 Å². The van der Waals surface area contributed by atoms with Gasteiger partial charge in [0.2, 0.25) is 5.91 Å². The Morgan fingerprint density at radius 3 is 2.83 bits per heavy atom. The monoisotopic (exact) mass is 270 g/mol. The normalized spacial score (nSPS) is 12.2. The predicted molar refractivity (Wildman–Crippen MR) is 74.0 cm³/mol. The highest BCUT2D eigenvalue weighted by molar-refractivity contribution is 6.31. The molecule has 1 rings (SSSR count). The molecule has 1 amide bonds. The first kappa shape index (κ1) is 15.0. The number of carbonyl (C=O) groups is 1. The second-order valence-corrected chi connectivity index (χ2v) is 4.61. The Labute approximate surface area is 112 Å². The molecule has 3 N–H and O–H groups in total. The number of anilines is 1. The van der Waals surface area contributed by atoms with Gasteiger partial charge in [-0.2, -0.15) is 0 Å². The molecule has 1 aromatic rings. The number of amides is 1. The molecule has 0 saturated carbocycles. The SMILES string of the molecule is CC[C@@H](CO)NCC(=O)Nc1cc(Cl)ccc1C. The van der Waals surface area contributed by atoms with E-state index in [2.05, 4.69) is 10.6 Å². The second kappa shape index (κ2) is 7.36. The van der Waals surface area contributed by atoms with Crippen molar-refractivity contribution in [3.63, 3.8) is 0 Å². The van der Waals surface area contributed by atoms with Crippen LogP contribution in [0.15, 0.2) is 18.2 Å². The summed E-state index contributed by atoms with van der Waals surface area (Å²) in [6.45, 7) is 4.06. The van der Waals surface area contributed by atoms with E-state index >= 15 is 0 Å². The van der Waals surface area contributed by atoms with Gasteiger partial charge in [-0.05, 0) is 31.0 Å². The minimum atomic E-state index is -0.146. The zero-order valence-corrected chi connectivity index (χ0v) is 11.4. The fourth-order valence-electron chi connectivity index (χ4n) is 1.50. The lowest BCUT2D eigenvalue weighted by molar-refractivity contribution is -0.115. The van der Waals surface area contributed by atoms with Crippen LogP contribution in [-0.2, 0) is 4.79 Å². The first-order valence-corrected chi connectivity index (χ1v) is 6.34. The fourth-order valence-corrected chi connectivity index (χ4v) is 1.67. The van der Waals surface area contributed by atoms with Crippen molar-refractivity contribution in [2.75, 3.05) is 18.5 Å². The molecule has 0 aromatic heterocycles. The van der Waals surface area contributed by atoms with Gasteiger partial charge in [0.15, 0.2) is 0 Å². The summed E-state index contributed by atoms with van der Waals surface area (Å²) < 4.78 is 0. The zero-order valence-electron chi connectivity index (χ0n) is 10.7. The number of halogens is 1. The highest BCUT2D eigenvalue weighted by Crippen LogP contribution is 2.19. The molecule has 100 valence electrons. The molecule has 0 saturated heterocycles. The lowest BCUT2D eigenvalue weighted by atomic mass is 10.2. The highest BCUT2D eigenvalue weighted by atomic mass is 35.5. The number of aliphatic hydroxyl groups excluding tert-OH is 1. The van der Waals surface area contributed by atoms with E-state index in [1.165, 1.54) is 0 Å². The molecule has 1 aromatic carbocycles. The van der Waals surface area contributed by atoms with Gasteiger partial charge in [0.05, 0.1) is 13.2 Å². The number of rotatable bonds is 6. The number of carbonyl (C=O) groups excluding carboxylic acids is 1. The Bertz CT molecular complexity index is 406. The molecular weight excluding hydrogens is 252 g/mol. The summed E-state index contributed by atoms with van der Waals surface area (Å²) >= 11 is 5.87. The number of aliphatic hydroxyl groups is 1. The molecule has 0 aliphatic heterocycles. The minimum absolute atomic E-state index is 0.0278. The maximum absolute atomic E-state index is 11.7. The third-order valence-corrected chi connectivity index (χ3v) is 2.97. The van der Waals surface area contributed by atoms with Gasteiger partial charge in [0.1, 0.15) is 0 Å². The Balaban J connectivity index is 2.51. The standard InChI is InChI=1S/C13H19ClN2O2/c1-3-11(8-17)15-7-13(18)16-12-6-10(14)5-4-9(12)2/h4-6,11,15,17H,3,7-8H2,1-2H3,(H,16,18)/t11-/m0/s1. The summed E-state index contributed by atoms with van der Waals surface area (Å²) in [7, 11) is 0. The summed E-state index contributed by atoms with van der Waals surface area (Å²) in [6.07, 6.45) is 0.778. The average molecular weight is 271 g/mol. The molecule has 0 radical (unpaired) electrons. The third-order valence-electron chi connectivity index (χ3n) is 2.74. The van der Waals surface area contributed by atoms with Crippen molar-refractivity contribution >= 4 is 23.2 Å². The van der Waals surface area contributed by atoms with Crippen LogP contribution in [0.3, 0.4) is 0 Å². The van der Waals surface area contributed by atoms with Gasteiger partial charge in [-0.3, -0.25) is 4.79 Å². The fraction of sp³-hybridized carbons (Fsp3) is 0.462. The Morgan fingerprint density at radius 1 is 1.50 bits per heavy atom. The van der Waals surface area contributed by atoms with Crippen LogP contribution in [0, 0.1) is 6.92 Å². The van der Waals surface area contributed by atoms with Gasteiger partial charge in [0, 0.05) is 16.8 Å². The molecule has 0 unspecified atom stereocenters. The molecule has 0 heterocycles. The van der Waals surface area contributed by atoms with Crippen LogP contribution in [0.4, 0.5) is 5.69 Å². The van der Waals surface area contributed by atoms with Crippen molar-refractivity contribution in [1.82, 2.24) is 5.32 Å². The van der Waals surface area contributed by atoms with Crippen molar-refractivity contribution in [3.8, 4) is 0 Å². The van der Waals surface area contributed by atoms with Crippen LogP contribution in [-0.4, -0.2) is 30.2 Å². The van der Waals surface area contributed by atoms with Crippen molar-refractivity contribution in [3.05, 3.63) is 28.8 Å². The van der Waals surface area contributed by atoms with Crippen LogP contribution >= 0.6 is 11.6 Å². The molecule has 0 aliphatic rings. The molecule has 1 atom stereocenters. The van der Waals surface area contributed by atoms with E-state index in [9.17, 15) is 4.79 Å². The van der Waals surface area contributed by atoms with E-state index in [0.717, 1.165) is 12.0 Å². The van der Waals surface area contributed by atoms with E-state index in [1.54, 1.807) is 12.1 Å². The maximum atomic E-state index is 11.7. The van der Waals surface area contributed by atoms with Gasteiger partial charge < -0.3 is 15.7 Å². The van der Waals surface area contributed by atoms with E-state index in [4.69, 9.17) is 16.7 Å². The molecule has 0 spiro atoms. The zero-order chi connectivity index (χ0) is 13.5. The molecule has 0 aliphatic carbocycles. The third kappa shape index (κ3) is 4.64. The van der Waals surface area contributed by atoms with Crippen molar-refractivity contribution in [1.29, 1.82) is 0 Å². The number of hydrogen-bond donors (Lipinski definition) is 3. The lowest BCUT2D eigenvalue weighted by Gasteiger charge is -2.14. The smallest absolute Gasteiger partial charge is 0.238 e. The summed E-state index contributed by atoms with van der Waals surface area (Å²) in [5.74, 6) is -0.146. The summed E-state index contributed by atoms with van der Waals surface area (Å²) in [5, 5.41) is 15.4. The first-order chi connectivity index (χ1) is 8.56. The van der Waals surface area contributed by atoms with Crippen molar-refractivity contribution in [2.45, 2.75) is 26.3 Å². The van der Waals surface area contributed by atoms with Crippen LogP contribution in [0.25, 0.3) is 0 Å². The number of benzene rings is 1. The van der Waals surface area contributed by atoms with E-state index in [1.807, 2.05) is 19.9 Å². The molecule has 0 bridgehead atoms. The van der Waals surface area contributed by atoms with Crippen molar-refractivity contribution in [2.24, 2.45) is 0 Å². The first-order valence-electron chi connectivity index (χ1n) is 5.97. The van der Waals surface area contributed by atoms with E-state index in [0.29, 0.717) is 10.7 Å². The Kier molecular flexibility index (Phi) is 6.12. The van der Waals surface area contributed by atoms with Gasteiger partial charge in [-0.1, -0.05) is 24.6 Å². The Morgan fingerprint density at radius 2 is 2.22 bits per heavy atom. The number of nitrogens with one attached hydrogen (secondary N) is 2. The van der Waals surface area contributed by atoms with Gasteiger partial charge >= 0.3 is 0 Å². The lowest BCUT2D eigenvalue weighted by Crippen LogP contribution is -2.38. The molecule has 18 heavy (non-hydrogen) atoms. The Hall–Kier alpha value is -1.10. The van der Waals surface area contributed by atoms with Gasteiger partial charge in [-0.15, -0.1) is 0 Å². The maximum Gasteiger partial charge on any atom is 0.238 e. The number of hydrogen-bond acceptors (Lipinski definition) is 3. The van der Waals surface area contributed by atoms with Crippen LogP contribution < -0.4 is 10.6 Å². The topological polar surface area (TPSA) is 61.4 Å². The van der Waals surface area contributed by atoms with E-state index in [-0.39, 0.29) is 25.1 Å².